The number of H-pyrrole nitrogens is 1. The molecular formula is C22H25ClN4O. The number of carbonyl (C=O) groups excluding carboxylic acids is 1. The van der Waals surface area contributed by atoms with E-state index in [2.05, 4.69) is 34.9 Å². The first-order chi connectivity index (χ1) is 13.5. The van der Waals surface area contributed by atoms with Gasteiger partial charge >= 0.3 is 0 Å². The summed E-state index contributed by atoms with van der Waals surface area (Å²) in [6.45, 7) is 3.48. The van der Waals surface area contributed by atoms with Crippen molar-refractivity contribution in [2.45, 2.75) is 6.42 Å². The lowest BCUT2D eigenvalue weighted by molar-refractivity contribution is -0.118. The summed E-state index contributed by atoms with van der Waals surface area (Å²) in [7, 11) is 4.16. The Balaban J connectivity index is 1.57. The minimum atomic E-state index is 0.112. The van der Waals surface area contributed by atoms with Gasteiger partial charge in [0.2, 0.25) is 5.91 Å². The van der Waals surface area contributed by atoms with Crippen molar-refractivity contribution in [1.29, 1.82) is 0 Å². The van der Waals surface area contributed by atoms with Gasteiger partial charge in [-0.25, -0.2) is 0 Å². The number of amides is 1. The van der Waals surface area contributed by atoms with Crippen LogP contribution in [0.15, 0.2) is 48.7 Å². The number of aromatic amines is 1. The largest absolute Gasteiger partial charge is 0.367 e. The number of rotatable bonds is 5. The summed E-state index contributed by atoms with van der Waals surface area (Å²) in [5.41, 5.74) is 4.11. The third-order valence-electron chi connectivity index (χ3n) is 5.30. The van der Waals surface area contributed by atoms with Crippen LogP contribution in [-0.2, 0) is 11.2 Å². The highest BCUT2D eigenvalue weighted by atomic mass is 35.5. The summed E-state index contributed by atoms with van der Waals surface area (Å²) < 4.78 is 0. The SMILES string of the molecule is CN(C)CCN1CCN(C(=O)Cc2c[nH]c3ccc(Cl)cc23)c2ccccc21. The predicted octanol–water partition coefficient (Wildman–Crippen LogP) is 3.78. The molecule has 1 aliphatic rings. The van der Waals surface area contributed by atoms with Crippen LogP contribution in [0.2, 0.25) is 5.02 Å². The van der Waals surface area contributed by atoms with Gasteiger partial charge < -0.3 is 19.7 Å². The van der Waals surface area contributed by atoms with E-state index in [1.54, 1.807) is 0 Å². The first-order valence-corrected chi connectivity index (χ1v) is 9.95. The fourth-order valence-corrected chi connectivity index (χ4v) is 3.96. The van der Waals surface area contributed by atoms with E-state index in [1.165, 1.54) is 0 Å². The molecule has 0 spiro atoms. The number of nitrogens with zero attached hydrogens (tertiary/aromatic N) is 3. The van der Waals surface area contributed by atoms with Crippen molar-refractivity contribution in [1.82, 2.24) is 9.88 Å². The zero-order valence-corrected chi connectivity index (χ0v) is 17.0. The van der Waals surface area contributed by atoms with Crippen LogP contribution in [0.4, 0.5) is 11.4 Å². The van der Waals surface area contributed by atoms with Crippen molar-refractivity contribution in [3.8, 4) is 0 Å². The maximum Gasteiger partial charge on any atom is 0.231 e. The average molecular weight is 397 g/mol. The molecule has 28 heavy (non-hydrogen) atoms. The van der Waals surface area contributed by atoms with Crippen molar-refractivity contribution in [2.24, 2.45) is 0 Å². The number of benzene rings is 2. The van der Waals surface area contributed by atoms with Crippen LogP contribution < -0.4 is 9.80 Å². The molecule has 3 aromatic rings. The highest BCUT2D eigenvalue weighted by molar-refractivity contribution is 6.31. The van der Waals surface area contributed by atoms with Crippen molar-refractivity contribution < 1.29 is 4.79 Å². The Kier molecular flexibility index (Phi) is 5.29. The van der Waals surface area contributed by atoms with Crippen LogP contribution in [0.25, 0.3) is 10.9 Å². The van der Waals surface area contributed by atoms with Gasteiger partial charge in [-0.05, 0) is 50.0 Å². The second-order valence-corrected chi connectivity index (χ2v) is 7.94. The number of para-hydroxylation sites is 2. The Bertz CT molecular complexity index is 997. The number of aromatic nitrogens is 1. The van der Waals surface area contributed by atoms with Gasteiger partial charge in [-0.1, -0.05) is 23.7 Å². The Morgan fingerprint density at radius 1 is 1.14 bits per heavy atom. The standard InChI is InChI=1S/C22H25ClN4O/c1-25(2)9-10-26-11-12-27(21-6-4-3-5-20(21)26)22(28)13-16-15-24-19-8-7-17(23)14-18(16)19/h3-8,14-15,24H,9-13H2,1-2H3. The summed E-state index contributed by atoms with van der Waals surface area (Å²) in [5, 5.41) is 1.69. The highest BCUT2D eigenvalue weighted by Gasteiger charge is 2.26. The molecular weight excluding hydrogens is 372 g/mol. The van der Waals surface area contributed by atoms with E-state index in [1.807, 2.05) is 47.5 Å². The van der Waals surface area contributed by atoms with Gasteiger partial charge in [0.1, 0.15) is 0 Å². The molecule has 1 aromatic heterocycles. The van der Waals surface area contributed by atoms with Crippen molar-refractivity contribution in [3.05, 3.63) is 59.2 Å². The summed E-state index contributed by atoms with van der Waals surface area (Å²) in [6, 6.07) is 13.9. The number of hydrogen-bond acceptors (Lipinski definition) is 3. The molecule has 2 aromatic carbocycles. The number of fused-ring (bicyclic) bond motifs is 2. The lowest BCUT2D eigenvalue weighted by Crippen LogP contribution is -2.46. The molecule has 1 amide bonds. The quantitative estimate of drug-likeness (QED) is 0.713. The van der Waals surface area contributed by atoms with E-state index >= 15 is 0 Å². The second kappa shape index (κ2) is 7.86. The number of carbonyl (C=O) groups is 1. The van der Waals surface area contributed by atoms with E-state index in [4.69, 9.17) is 11.6 Å². The molecule has 1 N–H and O–H groups in total. The maximum atomic E-state index is 13.2. The van der Waals surface area contributed by atoms with Gasteiger partial charge in [-0.2, -0.15) is 0 Å². The lowest BCUT2D eigenvalue weighted by atomic mass is 10.1. The summed E-state index contributed by atoms with van der Waals surface area (Å²) in [6.07, 6.45) is 2.27. The molecule has 0 bridgehead atoms. The number of nitrogens with one attached hydrogen (secondary N) is 1. The molecule has 0 saturated carbocycles. The molecule has 6 heteroatoms. The average Bonchev–Trinajstić information content (AvgIpc) is 3.07. The molecule has 4 rings (SSSR count). The van der Waals surface area contributed by atoms with Crippen LogP contribution in [0.5, 0.6) is 0 Å². The summed E-state index contributed by atoms with van der Waals surface area (Å²) in [5.74, 6) is 0.112. The Hall–Kier alpha value is -2.50. The first kappa shape index (κ1) is 18.8. The monoisotopic (exact) mass is 396 g/mol. The smallest absolute Gasteiger partial charge is 0.231 e. The summed E-state index contributed by atoms with van der Waals surface area (Å²) in [4.78, 5) is 22.9. The number of halogens is 1. The summed E-state index contributed by atoms with van der Waals surface area (Å²) >= 11 is 6.15. The molecule has 0 radical (unpaired) electrons. The minimum Gasteiger partial charge on any atom is -0.367 e. The normalized spacial score (nSPS) is 14.0. The molecule has 0 unspecified atom stereocenters. The van der Waals surface area contributed by atoms with E-state index in [-0.39, 0.29) is 5.91 Å². The fraction of sp³-hybridized carbons (Fsp3) is 0.318. The first-order valence-electron chi connectivity index (χ1n) is 9.57. The van der Waals surface area contributed by atoms with Gasteiger partial charge in [0.05, 0.1) is 17.8 Å². The van der Waals surface area contributed by atoms with Gasteiger partial charge in [-0.3, -0.25) is 4.79 Å². The van der Waals surface area contributed by atoms with Crippen LogP contribution in [0, 0.1) is 0 Å². The van der Waals surface area contributed by atoms with E-state index in [0.717, 1.165) is 47.5 Å². The molecule has 146 valence electrons. The van der Waals surface area contributed by atoms with Gasteiger partial charge in [0.25, 0.3) is 0 Å². The fourth-order valence-electron chi connectivity index (χ4n) is 3.79. The predicted molar refractivity (Wildman–Crippen MR) is 117 cm³/mol. The zero-order chi connectivity index (χ0) is 19.7. The van der Waals surface area contributed by atoms with E-state index in [0.29, 0.717) is 18.0 Å². The van der Waals surface area contributed by atoms with Crippen molar-refractivity contribution in [2.75, 3.05) is 50.1 Å². The molecule has 1 aliphatic heterocycles. The van der Waals surface area contributed by atoms with E-state index in [9.17, 15) is 4.79 Å². The zero-order valence-electron chi connectivity index (χ0n) is 16.3. The lowest BCUT2D eigenvalue weighted by Gasteiger charge is -2.38. The van der Waals surface area contributed by atoms with Crippen LogP contribution in [0.1, 0.15) is 5.56 Å². The van der Waals surface area contributed by atoms with Crippen LogP contribution >= 0.6 is 11.6 Å². The number of anilines is 2. The molecule has 5 nitrogen and oxygen atoms in total. The third kappa shape index (κ3) is 3.73. The van der Waals surface area contributed by atoms with E-state index < -0.39 is 0 Å². The topological polar surface area (TPSA) is 42.6 Å². The Labute approximate surface area is 170 Å². The Morgan fingerprint density at radius 3 is 2.71 bits per heavy atom. The second-order valence-electron chi connectivity index (χ2n) is 7.51. The molecule has 0 atom stereocenters. The molecule has 0 fully saturated rings. The Morgan fingerprint density at radius 2 is 1.93 bits per heavy atom. The minimum absolute atomic E-state index is 0.112. The third-order valence-corrected chi connectivity index (χ3v) is 5.53. The maximum absolute atomic E-state index is 13.2. The van der Waals surface area contributed by atoms with Crippen LogP contribution in [0.3, 0.4) is 0 Å². The highest BCUT2D eigenvalue weighted by Crippen LogP contribution is 2.33. The van der Waals surface area contributed by atoms with Gasteiger partial charge in [-0.15, -0.1) is 0 Å². The molecule has 0 saturated heterocycles. The van der Waals surface area contributed by atoms with Gasteiger partial charge in [0, 0.05) is 48.3 Å². The number of likely N-dealkylation sites (N-methyl/N-ethyl adjacent to an activating group) is 1. The van der Waals surface area contributed by atoms with Crippen molar-refractivity contribution in [3.63, 3.8) is 0 Å². The van der Waals surface area contributed by atoms with Gasteiger partial charge in [0.15, 0.2) is 0 Å². The van der Waals surface area contributed by atoms with Crippen molar-refractivity contribution >= 4 is 39.8 Å². The van der Waals surface area contributed by atoms with Crippen LogP contribution in [-0.4, -0.2) is 56.1 Å². The molecule has 0 aliphatic carbocycles. The molecule has 2 heterocycles. The number of hydrogen-bond donors (Lipinski definition) is 1.